The molecule has 0 aromatic rings. The van der Waals surface area contributed by atoms with E-state index in [1.807, 2.05) is 0 Å². The number of carboxylic acids is 1. The summed E-state index contributed by atoms with van der Waals surface area (Å²) in [5.41, 5.74) is 0. The van der Waals surface area contributed by atoms with Gasteiger partial charge in [0, 0.05) is 6.54 Å². The first-order chi connectivity index (χ1) is 5.07. The van der Waals surface area contributed by atoms with E-state index in [0.29, 0.717) is 6.54 Å². The predicted octanol–water partition coefficient (Wildman–Crippen LogP) is -0.221. The molecule has 0 aromatic heterocycles. The van der Waals surface area contributed by atoms with Crippen molar-refractivity contribution < 1.29 is 14.7 Å². The van der Waals surface area contributed by atoms with Crippen LogP contribution in [0.25, 0.3) is 0 Å². The summed E-state index contributed by atoms with van der Waals surface area (Å²) in [6, 6.07) is -1.30. The molecule has 0 heterocycles. The Bertz CT molecular complexity index is 158. The number of nitrogens with one attached hydrogen (secondary N) is 2. The molecule has 0 saturated carbocycles. The van der Waals surface area contributed by atoms with E-state index in [-0.39, 0.29) is 0 Å². The molecule has 0 fully saturated rings. The number of aliphatic carboxylic acids is 1. The average Bonchev–Trinajstić information content (AvgIpc) is 1.87. The maximum atomic E-state index is 10.7. The monoisotopic (exact) mass is 160 g/mol. The number of hydrogen-bond acceptors (Lipinski definition) is 2. The van der Waals surface area contributed by atoms with Crippen LogP contribution < -0.4 is 10.6 Å². The molecule has 0 bridgehead atoms. The Morgan fingerprint density at radius 1 is 1.55 bits per heavy atom. The van der Waals surface area contributed by atoms with Gasteiger partial charge < -0.3 is 15.7 Å². The third-order valence-corrected chi connectivity index (χ3v) is 1.06. The van der Waals surface area contributed by atoms with E-state index in [1.54, 1.807) is 6.92 Å². The van der Waals surface area contributed by atoms with Crippen LogP contribution in [0.4, 0.5) is 4.79 Å². The molecule has 1 unspecified atom stereocenters. The zero-order valence-electron chi connectivity index (χ0n) is 6.55. The summed E-state index contributed by atoms with van der Waals surface area (Å²) in [7, 11) is 0. The number of carbonyl (C=O) groups is 2. The molecule has 11 heavy (non-hydrogen) atoms. The molecule has 1 atom stereocenters. The van der Waals surface area contributed by atoms with Crippen LogP contribution in [0.5, 0.6) is 0 Å². The van der Waals surface area contributed by atoms with Gasteiger partial charge in [0.1, 0.15) is 6.04 Å². The Labute approximate surface area is 64.8 Å². The first-order valence-electron chi connectivity index (χ1n) is 3.35. The van der Waals surface area contributed by atoms with E-state index in [9.17, 15) is 9.59 Å². The number of hydrogen-bond donors (Lipinski definition) is 3. The van der Waals surface area contributed by atoms with Gasteiger partial charge in [-0.05, 0) is 13.8 Å². The van der Waals surface area contributed by atoms with Gasteiger partial charge in [0.2, 0.25) is 0 Å². The Morgan fingerprint density at radius 2 is 2.09 bits per heavy atom. The molecule has 0 aliphatic heterocycles. The Hall–Kier alpha value is -1.26. The highest BCUT2D eigenvalue weighted by Crippen LogP contribution is 1.79. The van der Waals surface area contributed by atoms with Crippen LogP contribution in [-0.2, 0) is 4.79 Å². The van der Waals surface area contributed by atoms with Crippen LogP contribution in [0.15, 0.2) is 0 Å². The minimum absolute atomic E-state index is 0.456. The standard InChI is InChI=1S/C6H12N2O3/c1-3-7-6(11)8-4(2)5(9)10/h4H,3H2,1-2H3,(H,9,10)(H2,7,8,11). The van der Waals surface area contributed by atoms with Gasteiger partial charge in [0.05, 0.1) is 0 Å². The molecule has 5 nitrogen and oxygen atoms in total. The summed E-state index contributed by atoms with van der Waals surface area (Å²) in [6.07, 6.45) is 0. The SMILES string of the molecule is CCNC(=O)NC(C)C(=O)O. The second-order valence-corrected chi connectivity index (χ2v) is 2.06. The van der Waals surface area contributed by atoms with Crippen LogP contribution in [0.3, 0.4) is 0 Å². The van der Waals surface area contributed by atoms with Crippen LogP contribution in [0, 0.1) is 0 Å². The molecule has 0 saturated heterocycles. The highest BCUT2D eigenvalue weighted by molar-refractivity contribution is 5.81. The predicted molar refractivity (Wildman–Crippen MR) is 39.3 cm³/mol. The Kier molecular flexibility index (Phi) is 4.02. The second-order valence-electron chi connectivity index (χ2n) is 2.06. The normalized spacial score (nSPS) is 11.8. The lowest BCUT2D eigenvalue weighted by atomic mass is 10.3. The largest absolute Gasteiger partial charge is 0.480 e. The molecule has 0 aliphatic carbocycles. The zero-order valence-corrected chi connectivity index (χ0v) is 6.55. The molecule has 3 N–H and O–H groups in total. The van der Waals surface area contributed by atoms with E-state index >= 15 is 0 Å². The summed E-state index contributed by atoms with van der Waals surface area (Å²) in [5.74, 6) is -1.05. The molecule has 0 spiro atoms. The van der Waals surface area contributed by atoms with Gasteiger partial charge in [-0.1, -0.05) is 0 Å². The molecular weight excluding hydrogens is 148 g/mol. The van der Waals surface area contributed by atoms with Crippen LogP contribution in [0.1, 0.15) is 13.8 Å². The first kappa shape index (κ1) is 9.74. The van der Waals surface area contributed by atoms with E-state index in [0.717, 1.165) is 0 Å². The number of rotatable bonds is 3. The molecule has 0 aliphatic rings. The third kappa shape index (κ3) is 4.19. The smallest absolute Gasteiger partial charge is 0.325 e. The fourth-order valence-electron chi connectivity index (χ4n) is 0.470. The van der Waals surface area contributed by atoms with Gasteiger partial charge in [-0.2, -0.15) is 0 Å². The van der Waals surface area contributed by atoms with Gasteiger partial charge in [0.15, 0.2) is 0 Å². The first-order valence-corrected chi connectivity index (χ1v) is 3.35. The van der Waals surface area contributed by atoms with Crippen molar-refractivity contribution in [1.82, 2.24) is 10.6 Å². The van der Waals surface area contributed by atoms with Crippen molar-refractivity contribution in [2.24, 2.45) is 0 Å². The molecule has 64 valence electrons. The second kappa shape index (κ2) is 4.54. The molecule has 0 aromatic carbocycles. The van der Waals surface area contributed by atoms with Crippen molar-refractivity contribution in [3.63, 3.8) is 0 Å². The van der Waals surface area contributed by atoms with Gasteiger partial charge in [-0.15, -0.1) is 0 Å². The number of carbonyl (C=O) groups excluding carboxylic acids is 1. The maximum Gasteiger partial charge on any atom is 0.325 e. The quantitative estimate of drug-likeness (QED) is 0.534. The lowest BCUT2D eigenvalue weighted by molar-refractivity contribution is -0.138. The van der Waals surface area contributed by atoms with Crippen molar-refractivity contribution in [1.29, 1.82) is 0 Å². The lowest BCUT2D eigenvalue weighted by Gasteiger charge is -2.08. The fraction of sp³-hybridized carbons (Fsp3) is 0.667. The third-order valence-electron chi connectivity index (χ3n) is 1.06. The highest BCUT2D eigenvalue weighted by Gasteiger charge is 2.12. The van der Waals surface area contributed by atoms with Crippen LogP contribution >= 0.6 is 0 Å². The summed E-state index contributed by atoms with van der Waals surface area (Å²) < 4.78 is 0. The van der Waals surface area contributed by atoms with E-state index < -0.39 is 18.0 Å². The lowest BCUT2D eigenvalue weighted by Crippen LogP contribution is -2.44. The molecular formula is C6H12N2O3. The summed E-state index contributed by atoms with van der Waals surface area (Å²) in [4.78, 5) is 20.9. The average molecular weight is 160 g/mol. The maximum absolute atomic E-state index is 10.7. The molecule has 0 rings (SSSR count). The number of carboxylic acid groups (broad SMARTS) is 1. The summed E-state index contributed by atoms with van der Waals surface area (Å²) in [6.45, 7) is 3.64. The van der Waals surface area contributed by atoms with Crippen molar-refractivity contribution >= 4 is 12.0 Å². The topological polar surface area (TPSA) is 78.4 Å². The van der Waals surface area contributed by atoms with E-state index in [2.05, 4.69) is 10.6 Å². The molecule has 0 radical (unpaired) electrons. The Balaban J connectivity index is 3.66. The van der Waals surface area contributed by atoms with Crippen LogP contribution in [-0.4, -0.2) is 29.7 Å². The number of urea groups is 1. The van der Waals surface area contributed by atoms with Crippen molar-refractivity contribution in [2.45, 2.75) is 19.9 Å². The number of amides is 2. The van der Waals surface area contributed by atoms with Gasteiger partial charge >= 0.3 is 12.0 Å². The Morgan fingerprint density at radius 3 is 2.45 bits per heavy atom. The van der Waals surface area contributed by atoms with E-state index in [4.69, 9.17) is 5.11 Å². The molecule has 2 amide bonds. The van der Waals surface area contributed by atoms with Crippen molar-refractivity contribution in [3.05, 3.63) is 0 Å². The van der Waals surface area contributed by atoms with Gasteiger partial charge in [-0.25, -0.2) is 4.79 Å². The zero-order chi connectivity index (χ0) is 8.85. The fourth-order valence-corrected chi connectivity index (χ4v) is 0.470. The summed E-state index contributed by atoms with van der Waals surface area (Å²) >= 11 is 0. The van der Waals surface area contributed by atoms with Gasteiger partial charge in [-0.3, -0.25) is 4.79 Å². The van der Waals surface area contributed by atoms with Crippen LogP contribution in [0.2, 0.25) is 0 Å². The molecule has 5 heteroatoms. The minimum atomic E-state index is -1.05. The summed E-state index contributed by atoms with van der Waals surface area (Å²) in [5, 5.41) is 13.0. The van der Waals surface area contributed by atoms with Crippen molar-refractivity contribution in [3.8, 4) is 0 Å². The highest BCUT2D eigenvalue weighted by atomic mass is 16.4. The minimum Gasteiger partial charge on any atom is -0.480 e. The van der Waals surface area contributed by atoms with E-state index in [1.165, 1.54) is 6.92 Å². The van der Waals surface area contributed by atoms with Gasteiger partial charge in [0.25, 0.3) is 0 Å². The van der Waals surface area contributed by atoms with Crippen molar-refractivity contribution in [2.75, 3.05) is 6.54 Å².